The molecule has 3 aromatic rings. The lowest BCUT2D eigenvalue weighted by atomic mass is 10.1. The van der Waals surface area contributed by atoms with Gasteiger partial charge in [-0.3, -0.25) is 0 Å². The van der Waals surface area contributed by atoms with Crippen molar-refractivity contribution in [3.8, 4) is 5.75 Å². The molecule has 0 aliphatic carbocycles. The zero-order valence-corrected chi connectivity index (χ0v) is 17.0. The van der Waals surface area contributed by atoms with Gasteiger partial charge in [-0.25, -0.2) is 0 Å². The second-order valence-electron chi connectivity index (χ2n) is 6.06. The third kappa shape index (κ3) is 5.96. The summed E-state index contributed by atoms with van der Waals surface area (Å²) in [6.45, 7) is 1.20. The number of thiocarbonyl (C=S) groups is 1. The first-order chi connectivity index (χ1) is 13.1. The van der Waals surface area contributed by atoms with E-state index in [9.17, 15) is 0 Å². The van der Waals surface area contributed by atoms with Crippen LogP contribution < -0.4 is 10.1 Å². The van der Waals surface area contributed by atoms with Gasteiger partial charge in [0.15, 0.2) is 0 Å². The Bertz CT molecular complexity index is 915. The van der Waals surface area contributed by atoms with Crippen molar-refractivity contribution in [1.29, 1.82) is 0 Å². The number of nitrogens with one attached hydrogen (secondary N) is 1. The van der Waals surface area contributed by atoms with Crippen LogP contribution >= 0.6 is 35.4 Å². The molecule has 0 spiro atoms. The van der Waals surface area contributed by atoms with Gasteiger partial charge in [-0.1, -0.05) is 84.0 Å². The van der Waals surface area contributed by atoms with E-state index in [-0.39, 0.29) is 0 Å². The van der Waals surface area contributed by atoms with Crippen molar-refractivity contribution in [2.45, 2.75) is 13.0 Å². The van der Waals surface area contributed by atoms with Gasteiger partial charge in [-0.15, -0.1) is 0 Å². The number of hydrogen-bond acceptors (Lipinski definition) is 2. The van der Waals surface area contributed by atoms with Crippen LogP contribution in [0.25, 0.3) is 0 Å². The molecule has 0 aliphatic heterocycles. The minimum atomic E-state index is 0.411. The van der Waals surface area contributed by atoms with Crippen molar-refractivity contribution in [2.75, 3.05) is 6.54 Å². The molecule has 0 amide bonds. The monoisotopic (exact) mass is 415 g/mol. The van der Waals surface area contributed by atoms with Crippen LogP contribution in [-0.2, 0) is 13.0 Å². The summed E-state index contributed by atoms with van der Waals surface area (Å²) in [4.78, 5) is 0.714. The second kappa shape index (κ2) is 9.75. The van der Waals surface area contributed by atoms with Crippen molar-refractivity contribution in [1.82, 2.24) is 5.32 Å². The Kier molecular flexibility index (Phi) is 7.11. The Morgan fingerprint density at radius 2 is 1.67 bits per heavy atom. The van der Waals surface area contributed by atoms with Crippen LogP contribution in [0.5, 0.6) is 5.75 Å². The maximum atomic E-state index is 6.04. The minimum Gasteiger partial charge on any atom is -0.489 e. The smallest absolute Gasteiger partial charge is 0.120 e. The lowest BCUT2D eigenvalue weighted by Gasteiger charge is -2.11. The van der Waals surface area contributed by atoms with E-state index >= 15 is 0 Å². The molecule has 0 aliphatic rings. The molecule has 5 heteroatoms. The molecule has 0 saturated carbocycles. The average molecular weight is 416 g/mol. The summed E-state index contributed by atoms with van der Waals surface area (Å²) < 4.78 is 5.86. The lowest BCUT2D eigenvalue weighted by Crippen LogP contribution is -2.24. The predicted octanol–water partition coefficient (Wildman–Crippen LogP) is 6.08. The summed E-state index contributed by atoms with van der Waals surface area (Å²) >= 11 is 17.5. The predicted molar refractivity (Wildman–Crippen MR) is 117 cm³/mol. The summed E-state index contributed by atoms with van der Waals surface area (Å²) in [5.41, 5.74) is 3.18. The first-order valence-electron chi connectivity index (χ1n) is 8.61. The topological polar surface area (TPSA) is 21.3 Å². The standard InChI is InChI=1S/C22H19Cl2NOS/c23-20-10-9-17(13-21(20)24)15-26-19-8-4-7-18(14-19)22(27)25-12-11-16-5-2-1-3-6-16/h1-10,13-14H,11-12,15H2,(H,25,27). The van der Waals surface area contributed by atoms with E-state index in [1.807, 2.05) is 54.6 Å². The number of hydrogen-bond donors (Lipinski definition) is 1. The molecule has 1 N–H and O–H groups in total. The molecule has 0 atom stereocenters. The Labute approximate surface area is 175 Å². The molecule has 3 aromatic carbocycles. The fourth-order valence-electron chi connectivity index (χ4n) is 2.59. The molecular weight excluding hydrogens is 397 g/mol. The van der Waals surface area contributed by atoms with Crippen LogP contribution in [0.15, 0.2) is 72.8 Å². The Morgan fingerprint density at radius 3 is 2.44 bits per heavy atom. The highest BCUT2D eigenvalue weighted by Crippen LogP contribution is 2.23. The van der Waals surface area contributed by atoms with Crippen LogP contribution in [0.1, 0.15) is 16.7 Å². The van der Waals surface area contributed by atoms with Crippen molar-refractivity contribution >= 4 is 40.4 Å². The highest BCUT2D eigenvalue weighted by molar-refractivity contribution is 7.80. The van der Waals surface area contributed by atoms with Gasteiger partial charge in [0.2, 0.25) is 0 Å². The molecule has 2 nitrogen and oxygen atoms in total. The Hall–Kier alpha value is -2.07. The van der Waals surface area contributed by atoms with Crippen molar-refractivity contribution in [3.05, 3.63) is 99.5 Å². The molecule has 0 bridgehead atoms. The summed E-state index contributed by atoms with van der Waals surface area (Å²) in [5.74, 6) is 0.755. The van der Waals surface area contributed by atoms with Crippen LogP contribution in [0, 0.1) is 0 Å². The second-order valence-corrected chi connectivity index (χ2v) is 7.28. The third-order valence-corrected chi connectivity index (χ3v) is 5.15. The number of ether oxygens (including phenoxy) is 1. The van der Waals surface area contributed by atoms with E-state index < -0.39 is 0 Å². The van der Waals surface area contributed by atoms with Gasteiger partial charge in [-0.05, 0) is 41.8 Å². The summed E-state index contributed by atoms with van der Waals surface area (Å²) in [5, 5.41) is 4.37. The summed E-state index contributed by atoms with van der Waals surface area (Å²) in [6.07, 6.45) is 0.925. The molecule has 0 radical (unpaired) electrons. The van der Waals surface area contributed by atoms with Crippen LogP contribution in [0.4, 0.5) is 0 Å². The third-order valence-electron chi connectivity index (χ3n) is 4.03. The van der Waals surface area contributed by atoms with Gasteiger partial charge in [0.1, 0.15) is 17.3 Å². The van der Waals surface area contributed by atoms with Crippen LogP contribution in [-0.4, -0.2) is 11.5 Å². The van der Waals surface area contributed by atoms with E-state index in [1.165, 1.54) is 5.56 Å². The maximum Gasteiger partial charge on any atom is 0.120 e. The fourth-order valence-corrected chi connectivity index (χ4v) is 3.14. The van der Waals surface area contributed by atoms with Gasteiger partial charge >= 0.3 is 0 Å². The highest BCUT2D eigenvalue weighted by Gasteiger charge is 2.05. The molecular formula is C22H19Cl2NOS. The lowest BCUT2D eigenvalue weighted by molar-refractivity contribution is 0.306. The maximum absolute atomic E-state index is 6.04. The number of halogens is 2. The van der Waals surface area contributed by atoms with Gasteiger partial charge in [0, 0.05) is 12.1 Å². The molecule has 0 heterocycles. The van der Waals surface area contributed by atoms with E-state index in [0.29, 0.717) is 21.6 Å². The fraction of sp³-hybridized carbons (Fsp3) is 0.136. The Balaban J connectivity index is 1.54. The minimum absolute atomic E-state index is 0.411. The SMILES string of the molecule is S=C(NCCc1ccccc1)c1cccc(OCc2ccc(Cl)c(Cl)c2)c1. The van der Waals surface area contributed by atoms with E-state index in [0.717, 1.165) is 29.8 Å². The number of benzene rings is 3. The molecule has 138 valence electrons. The van der Waals surface area contributed by atoms with Gasteiger partial charge in [-0.2, -0.15) is 0 Å². The van der Waals surface area contributed by atoms with E-state index in [2.05, 4.69) is 17.4 Å². The van der Waals surface area contributed by atoms with Crippen LogP contribution in [0.2, 0.25) is 10.0 Å². The van der Waals surface area contributed by atoms with E-state index in [4.69, 9.17) is 40.2 Å². The number of rotatable bonds is 7. The largest absolute Gasteiger partial charge is 0.489 e. The normalized spacial score (nSPS) is 10.4. The first-order valence-corrected chi connectivity index (χ1v) is 9.77. The van der Waals surface area contributed by atoms with Crippen molar-refractivity contribution in [2.24, 2.45) is 0 Å². The van der Waals surface area contributed by atoms with Crippen LogP contribution in [0.3, 0.4) is 0 Å². The van der Waals surface area contributed by atoms with E-state index in [1.54, 1.807) is 6.07 Å². The molecule has 0 aromatic heterocycles. The zero-order chi connectivity index (χ0) is 19.1. The van der Waals surface area contributed by atoms with Crippen molar-refractivity contribution < 1.29 is 4.74 Å². The average Bonchev–Trinajstić information content (AvgIpc) is 2.70. The molecule has 27 heavy (non-hydrogen) atoms. The Morgan fingerprint density at radius 1 is 0.852 bits per heavy atom. The van der Waals surface area contributed by atoms with Gasteiger partial charge in [0.05, 0.1) is 10.0 Å². The highest BCUT2D eigenvalue weighted by atomic mass is 35.5. The van der Waals surface area contributed by atoms with Crippen molar-refractivity contribution in [3.63, 3.8) is 0 Å². The molecule has 0 saturated heterocycles. The molecule has 0 unspecified atom stereocenters. The molecule has 0 fully saturated rings. The molecule has 3 rings (SSSR count). The van der Waals surface area contributed by atoms with Gasteiger partial charge < -0.3 is 10.1 Å². The zero-order valence-electron chi connectivity index (χ0n) is 14.6. The quantitative estimate of drug-likeness (QED) is 0.472. The summed E-state index contributed by atoms with van der Waals surface area (Å²) in [6, 6.07) is 23.6. The first kappa shape index (κ1) is 19.7. The van der Waals surface area contributed by atoms with Gasteiger partial charge in [0.25, 0.3) is 0 Å². The summed E-state index contributed by atoms with van der Waals surface area (Å²) in [7, 11) is 0.